The molecule has 208 valence electrons. The number of halogens is 3. The van der Waals surface area contributed by atoms with Crippen LogP contribution in [0.1, 0.15) is 17.2 Å². The number of phenolic OH excluding ortho intramolecular Hbond substituents is 1. The van der Waals surface area contributed by atoms with Gasteiger partial charge in [-0.3, -0.25) is 21.1 Å². The van der Waals surface area contributed by atoms with Crippen molar-refractivity contribution in [1.29, 1.82) is 5.41 Å². The van der Waals surface area contributed by atoms with Crippen LogP contribution in [-0.4, -0.2) is 48.3 Å². The molecular formula is C25H26F3N5O6. The van der Waals surface area contributed by atoms with Gasteiger partial charge in [-0.05, 0) is 54.1 Å². The maximum Gasteiger partial charge on any atom is 0.490 e. The summed E-state index contributed by atoms with van der Waals surface area (Å²) in [6.45, 7) is 0. The van der Waals surface area contributed by atoms with Crippen LogP contribution in [0.3, 0.4) is 0 Å². The second kappa shape index (κ2) is 13.4. The van der Waals surface area contributed by atoms with Crippen molar-refractivity contribution >= 4 is 29.1 Å². The van der Waals surface area contributed by atoms with E-state index in [1.54, 1.807) is 36.4 Å². The number of para-hydroxylation sites is 1. The van der Waals surface area contributed by atoms with Crippen LogP contribution < -0.4 is 31.4 Å². The molecule has 0 saturated carbocycles. The lowest BCUT2D eigenvalue weighted by molar-refractivity contribution is -0.192. The number of amides is 1. The van der Waals surface area contributed by atoms with Crippen molar-refractivity contribution in [2.24, 2.45) is 5.73 Å². The molecule has 0 aromatic heterocycles. The SMILES string of the molecule is COc1cc(C(Nc2ccc(C(=N)N)cc2)C(=O)NNc2ccccc2)cc(OC)c1O.O=C(O)C(F)(F)F. The van der Waals surface area contributed by atoms with E-state index >= 15 is 0 Å². The van der Waals surface area contributed by atoms with Gasteiger partial charge in [-0.15, -0.1) is 0 Å². The summed E-state index contributed by atoms with van der Waals surface area (Å²) >= 11 is 0. The highest BCUT2D eigenvalue weighted by Crippen LogP contribution is 2.39. The molecule has 1 atom stereocenters. The lowest BCUT2D eigenvalue weighted by Gasteiger charge is -2.22. The Hall–Kier alpha value is -5.14. The van der Waals surface area contributed by atoms with Crippen LogP contribution in [0.4, 0.5) is 24.5 Å². The molecule has 3 rings (SSSR count). The molecular weight excluding hydrogens is 523 g/mol. The number of carbonyl (C=O) groups excluding carboxylic acids is 1. The third kappa shape index (κ3) is 8.73. The largest absolute Gasteiger partial charge is 0.502 e. The molecule has 0 fully saturated rings. The van der Waals surface area contributed by atoms with Gasteiger partial charge in [0.15, 0.2) is 11.5 Å². The van der Waals surface area contributed by atoms with Gasteiger partial charge in [-0.25, -0.2) is 4.79 Å². The quantitative estimate of drug-likeness (QED) is 0.119. The number of hydrogen-bond acceptors (Lipinski definition) is 8. The molecule has 11 nitrogen and oxygen atoms in total. The number of nitrogens with one attached hydrogen (secondary N) is 4. The lowest BCUT2D eigenvalue weighted by atomic mass is 10.0. The van der Waals surface area contributed by atoms with Crippen molar-refractivity contribution in [1.82, 2.24) is 5.43 Å². The minimum Gasteiger partial charge on any atom is -0.502 e. The number of hydrogen-bond donors (Lipinski definition) is 7. The molecule has 1 unspecified atom stereocenters. The zero-order valence-electron chi connectivity index (χ0n) is 20.7. The second-order valence-electron chi connectivity index (χ2n) is 7.63. The first-order valence-corrected chi connectivity index (χ1v) is 10.9. The summed E-state index contributed by atoms with van der Waals surface area (Å²) in [7, 11) is 2.83. The van der Waals surface area contributed by atoms with Gasteiger partial charge in [0.25, 0.3) is 5.91 Å². The maximum absolute atomic E-state index is 13.1. The Morgan fingerprint density at radius 2 is 1.46 bits per heavy atom. The van der Waals surface area contributed by atoms with Crippen molar-refractivity contribution in [3.8, 4) is 17.2 Å². The predicted molar refractivity (Wildman–Crippen MR) is 137 cm³/mol. The van der Waals surface area contributed by atoms with Crippen LogP contribution in [-0.2, 0) is 9.59 Å². The lowest BCUT2D eigenvalue weighted by Crippen LogP contribution is -2.37. The number of amidine groups is 1. The highest BCUT2D eigenvalue weighted by atomic mass is 19.4. The molecule has 3 aromatic carbocycles. The monoisotopic (exact) mass is 549 g/mol. The first-order chi connectivity index (χ1) is 18.4. The van der Waals surface area contributed by atoms with Crippen LogP contribution in [0.25, 0.3) is 0 Å². The number of carbonyl (C=O) groups is 2. The number of nitrogen functional groups attached to an aromatic ring is 1. The molecule has 8 N–H and O–H groups in total. The number of nitrogens with two attached hydrogens (primary N) is 1. The molecule has 0 bridgehead atoms. The maximum atomic E-state index is 13.1. The Bertz CT molecular complexity index is 1260. The number of alkyl halides is 3. The molecule has 0 radical (unpaired) electrons. The van der Waals surface area contributed by atoms with E-state index < -0.39 is 18.2 Å². The van der Waals surface area contributed by atoms with E-state index in [2.05, 4.69) is 16.2 Å². The van der Waals surface area contributed by atoms with Crippen molar-refractivity contribution < 1.29 is 42.4 Å². The number of aliphatic carboxylic acids is 1. The van der Waals surface area contributed by atoms with Crippen LogP contribution in [0.15, 0.2) is 66.7 Å². The fraction of sp³-hybridized carbons (Fsp3) is 0.160. The zero-order chi connectivity index (χ0) is 29.2. The number of anilines is 2. The van der Waals surface area contributed by atoms with Gasteiger partial charge in [0.05, 0.1) is 19.9 Å². The van der Waals surface area contributed by atoms with Crippen molar-refractivity contribution in [3.05, 3.63) is 77.9 Å². The van der Waals surface area contributed by atoms with Gasteiger partial charge in [0, 0.05) is 11.3 Å². The van der Waals surface area contributed by atoms with E-state index in [1.807, 2.05) is 30.3 Å². The van der Waals surface area contributed by atoms with Gasteiger partial charge in [0.1, 0.15) is 11.9 Å². The number of benzene rings is 3. The molecule has 0 aliphatic carbocycles. The third-order valence-corrected chi connectivity index (χ3v) is 4.95. The van der Waals surface area contributed by atoms with E-state index in [0.717, 1.165) is 0 Å². The summed E-state index contributed by atoms with van der Waals surface area (Å²) in [4.78, 5) is 22.0. The average Bonchev–Trinajstić information content (AvgIpc) is 2.91. The van der Waals surface area contributed by atoms with Gasteiger partial charge < -0.3 is 30.7 Å². The number of hydrazine groups is 1. The van der Waals surface area contributed by atoms with E-state index in [0.29, 0.717) is 22.5 Å². The van der Waals surface area contributed by atoms with Crippen molar-refractivity contribution in [3.63, 3.8) is 0 Å². The van der Waals surface area contributed by atoms with Crippen LogP contribution in [0, 0.1) is 5.41 Å². The standard InChI is InChI=1S/C23H25N5O4.C2HF3O2/c1-31-18-12-15(13-19(32-2)21(18)29)20(23(30)28-27-17-6-4-3-5-7-17)26-16-10-8-14(9-11-16)22(24)25;3-2(4,5)1(6)7/h3-13,20,26-27,29H,1-2H3,(H3,24,25)(H,28,30);(H,6,7). The van der Waals surface area contributed by atoms with E-state index in [4.69, 9.17) is 30.5 Å². The molecule has 0 heterocycles. The number of rotatable bonds is 9. The van der Waals surface area contributed by atoms with Gasteiger partial charge >= 0.3 is 12.1 Å². The minimum atomic E-state index is -5.08. The fourth-order valence-corrected chi connectivity index (χ4v) is 3.02. The summed E-state index contributed by atoms with van der Waals surface area (Å²) in [6, 6.07) is 18.2. The Morgan fingerprint density at radius 3 is 1.90 bits per heavy atom. The first kappa shape index (κ1) is 30.1. The number of methoxy groups -OCH3 is 2. The van der Waals surface area contributed by atoms with Crippen LogP contribution in [0.2, 0.25) is 0 Å². The Morgan fingerprint density at radius 1 is 0.949 bits per heavy atom. The van der Waals surface area contributed by atoms with Crippen LogP contribution >= 0.6 is 0 Å². The fourth-order valence-electron chi connectivity index (χ4n) is 3.02. The Labute approximate surface area is 220 Å². The number of carboxylic acid groups (broad SMARTS) is 1. The average molecular weight is 550 g/mol. The summed E-state index contributed by atoms with van der Waals surface area (Å²) in [6.07, 6.45) is -5.08. The van der Waals surface area contributed by atoms with Crippen molar-refractivity contribution in [2.45, 2.75) is 12.2 Å². The van der Waals surface area contributed by atoms with Gasteiger partial charge in [0.2, 0.25) is 5.75 Å². The molecule has 1 amide bonds. The van der Waals surface area contributed by atoms with Gasteiger partial charge in [-0.2, -0.15) is 13.2 Å². The number of phenols is 1. The third-order valence-electron chi connectivity index (χ3n) is 4.95. The molecule has 0 aliphatic rings. The zero-order valence-corrected chi connectivity index (χ0v) is 20.7. The first-order valence-electron chi connectivity index (χ1n) is 10.9. The van der Waals surface area contributed by atoms with E-state index in [9.17, 15) is 23.1 Å². The minimum absolute atomic E-state index is 0.0501. The second-order valence-corrected chi connectivity index (χ2v) is 7.63. The normalized spacial score (nSPS) is 11.2. The smallest absolute Gasteiger partial charge is 0.490 e. The summed E-state index contributed by atoms with van der Waals surface area (Å²) in [5, 5.41) is 28.1. The molecule has 14 heteroatoms. The molecule has 0 saturated heterocycles. The summed E-state index contributed by atoms with van der Waals surface area (Å²) < 4.78 is 42.2. The molecule has 39 heavy (non-hydrogen) atoms. The highest BCUT2D eigenvalue weighted by molar-refractivity contribution is 5.95. The molecule has 0 spiro atoms. The Balaban J connectivity index is 0.000000673. The van der Waals surface area contributed by atoms with Gasteiger partial charge in [-0.1, -0.05) is 18.2 Å². The Kier molecular flexibility index (Phi) is 10.4. The summed E-state index contributed by atoms with van der Waals surface area (Å²) in [5.74, 6) is -3.02. The molecule has 3 aromatic rings. The van der Waals surface area contributed by atoms with E-state index in [1.165, 1.54) is 14.2 Å². The number of aromatic hydroxyl groups is 1. The number of carboxylic acids is 1. The van der Waals surface area contributed by atoms with Crippen LogP contribution in [0.5, 0.6) is 17.2 Å². The van der Waals surface area contributed by atoms with E-state index in [-0.39, 0.29) is 29.0 Å². The topological polar surface area (TPSA) is 179 Å². The predicted octanol–water partition coefficient (Wildman–Crippen LogP) is 3.62. The molecule has 0 aliphatic heterocycles. The summed E-state index contributed by atoms with van der Waals surface area (Å²) in [5.41, 5.74) is 13.5. The highest BCUT2D eigenvalue weighted by Gasteiger charge is 2.38. The number of ether oxygens (including phenoxy) is 2. The van der Waals surface area contributed by atoms with Crippen molar-refractivity contribution in [2.75, 3.05) is 25.0 Å².